The molecule has 2 aliphatic rings. The van der Waals surface area contributed by atoms with Crippen LogP contribution >= 0.6 is 0 Å². The minimum atomic E-state index is -0.274. The van der Waals surface area contributed by atoms with E-state index in [4.69, 9.17) is 22.8 Å². The summed E-state index contributed by atoms with van der Waals surface area (Å²) in [6.45, 7) is 22.1. The highest BCUT2D eigenvalue weighted by molar-refractivity contribution is 6.27. The minimum absolute atomic E-state index is 0.274. The quantitative estimate of drug-likeness (QED) is 0.0661. The van der Waals surface area contributed by atoms with E-state index < -0.39 is 0 Å². The molecule has 0 N–H and O–H groups in total. The number of allylic oxidation sites excluding steroid dienone is 5. The summed E-state index contributed by atoms with van der Waals surface area (Å²) in [5.41, 5.74) is 16.6. The molecule has 2 aliphatic carbocycles. The van der Waals surface area contributed by atoms with Crippen LogP contribution < -0.4 is 0 Å². The summed E-state index contributed by atoms with van der Waals surface area (Å²) in [5, 5.41) is 0. The molecule has 0 aliphatic heterocycles. The van der Waals surface area contributed by atoms with Gasteiger partial charge in [-0.15, -0.1) is 12.8 Å². The number of fused-ring (bicyclic) bond motifs is 1. The van der Waals surface area contributed by atoms with Crippen LogP contribution in [0.2, 0.25) is 0 Å². The van der Waals surface area contributed by atoms with E-state index in [0.29, 0.717) is 11.8 Å². The van der Waals surface area contributed by atoms with E-state index in [0.717, 1.165) is 87.4 Å². The van der Waals surface area contributed by atoms with Crippen LogP contribution in [-0.4, -0.2) is 11.5 Å². The number of hydrogen-bond acceptors (Lipinski definition) is 1. The third-order valence-electron chi connectivity index (χ3n) is 12.5. The lowest BCUT2D eigenvalue weighted by atomic mass is 9.87. The molecule has 0 saturated carbocycles. The molecule has 0 heterocycles. The lowest BCUT2D eigenvalue weighted by Gasteiger charge is -2.20. The van der Waals surface area contributed by atoms with E-state index >= 15 is 0 Å². The Hall–Kier alpha value is -4.66. The molecule has 2 radical (unpaired) electrons. The Morgan fingerprint density at radius 3 is 2.21 bits per heavy atom. The topological polar surface area (TPSA) is 24.7 Å². The predicted octanol–water partition coefficient (Wildman–Crippen LogP) is 14.7. The van der Waals surface area contributed by atoms with Gasteiger partial charge in [-0.2, -0.15) is 0 Å². The minimum Gasteiger partial charge on any atom is -0.258 e. The Bertz CT molecular complexity index is 2130. The van der Waals surface area contributed by atoms with Gasteiger partial charge >= 0.3 is 0 Å². The highest BCUT2D eigenvalue weighted by Crippen LogP contribution is 2.45. The van der Waals surface area contributed by atoms with Crippen molar-refractivity contribution in [1.29, 1.82) is 0 Å². The molecule has 2 heteroatoms. The Morgan fingerprint density at radius 1 is 0.842 bits per heavy atom. The zero-order valence-corrected chi connectivity index (χ0v) is 36.3. The molecular formula is C55H66N2. The number of nitrogens with zero attached hydrogens (tertiary/aromatic N) is 2. The summed E-state index contributed by atoms with van der Waals surface area (Å²) < 4.78 is 0. The smallest absolute Gasteiger partial charge is 0.156 e. The number of amidine groups is 1. The molecule has 3 unspecified atom stereocenters. The van der Waals surface area contributed by atoms with Gasteiger partial charge in [0.05, 0.1) is 6.04 Å². The standard InChI is InChI=1S/C55H66N2/c1-12-18-23-42(14-3)30-29-37(7)48-31-33-51(46(16-5)38(48)8)41(11)57-55(56-40(10)50-28-22-26-44-25-20-21-27-52(44)50)53-34-32-49(39(9)47(53)17-6)54-36-45(54)35-43(15-4)24-19-13-2/h5-6,20-21,25,27-29,31-34,36,41-43H,7,12-15,18-19,22-24,26,30,35H2,1-4,8-11H3. The van der Waals surface area contributed by atoms with Crippen LogP contribution in [0.25, 0.3) is 16.7 Å². The lowest BCUT2D eigenvalue weighted by molar-refractivity contribution is 0.450. The fourth-order valence-electron chi connectivity index (χ4n) is 8.66. The molecular weight excluding hydrogens is 689 g/mol. The lowest BCUT2D eigenvalue weighted by Crippen LogP contribution is -2.12. The third kappa shape index (κ3) is 10.5. The van der Waals surface area contributed by atoms with Gasteiger partial charge in [0.2, 0.25) is 0 Å². The average Bonchev–Trinajstić information content (AvgIpc) is 3.99. The molecule has 296 valence electrons. The van der Waals surface area contributed by atoms with Crippen molar-refractivity contribution >= 4 is 28.3 Å². The van der Waals surface area contributed by atoms with Crippen LogP contribution in [0.4, 0.5) is 0 Å². The van der Waals surface area contributed by atoms with Crippen molar-refractivity contribution < 1.29 is 0 Å². The molecule has 3 aromatic carbocycles. The number of aryl methyl sites for hydroxylation is 1. The van der Waals surface area contributed by atoms with Crippen LogP contribution in [0.5, 0.6) is 0 Å². The van der Waals surface area contributed by atoms with Gasteiger partial charge in [-0.05, 0) is 133 Å². The molecule has 0 spiro atoms. The van der Waals surface area contributed by atoms with Gasteiger partial charge in [-0.25, -0.2) is 4.99 Å². The Morgan fingerprint density at radius 2 is 1.53 bits per heavy atom. The highest BCUT2D eigenvalue weighted by atomic mass is 14.9. The third-order valence-corrected chi connectivity index (χ3v) is 12.5. The monoisotopic (exact) mass is 755 g/mol. The fourth-order valence-corrected chi connectivity index (χ4v) is 8.66. The average molecular weight is 755 g/mol. The first-order valence-electron chi connectivity index (χ1n) is 21.8. The van der Waals surface area contributed by atoms with Gasteiger partial charge in [0.25, 0.3) is 0 Å². The van der Waals surface area contributed by atoms with Crippen molar-refractivity contribution in [3.63, 3.8) is 0 Å². The maximum Gasteiger partial charge on any atom is 0.156 e. The van der Waals surface area contributed by atoms with Crippen molar-refractivity contribution in [2.24, 2.45) is 21.8 Å². The van der Waals surface area contributed by atoms with Crippen molar-refractivity contribution in [2.75, 3.05) is 0 Å². The van der Waals surface area contributed by atoms with Crippen LogP contribution in [0.15, 0.2) is 76.7 Å². The summed E-state index contributed by atoms with van der Waals surface area (Å²) in [6.07, 6.45) is 33.9. The summed E-state index contributed by atoms with van der Waals surface area (Å²) >= 11 is 0. The zero-order valence-electron chi connectivity index (χ0n) is 36.3. The largest absolute Gasteiger partial charge is 0.258 e. The Kier molecular flexibility index (Phi) is 15.8. The second-order valence-corrected chi connectivity index (χ2v) is 16.4. The van der Waals surface area contributed by atoms with Gasteiger partial charge in [0, 0.05) is 28.8 Å². The van der Waals surface area contributed by atoms with Gasteiger partial charge < -0.3 is 0 Å². The molecule has 3 aromatic rings. The molecule has 0 aromatic heterocycles. The molecule has 0 saturated heterocycles. The summed E-state index contributed by atoms with van der Waals surface area (Å²) in [5.74, 6) is 8.16. The normalized spacial score (nSPS) is 15.6. The summed E-state index contributed by atoms with van der Waals surface area (Å²) in [6, 6.07) is 17.1. The number of terminal acetylenes is 2. The highest BCUT2D eigenvalue weighted by Gasteiger charge is 2.29. The van der Waals surface area contributed by atoms with Crippen LogP contribution in [0, 0.1) is 63.2 Å². The summed E-state index contributed by atoms with van der Waals surface area (Å²) in [4.78, 5) is 10.8. The number of hydrogen-bond donors (Lipinski definition) is 0. The molecule has 5 rings (SSSR count). The van der Waals surface area contributed by atoms with E-state index in [9.17, 15) is 0 Å². The van der Waals surface area contributed by atoms with E-state index in [1.54, 1.807) is 0 Å². The number of rotatable bonds is 19. The van der Waals surface area contributed by atoms with Crippen LogP contribution in [0.1, 0.15) is 174 Å². The van der Waals surface area contributed by atoms with E-state index in [-0.39, 0.29) is 6.04 Å². The molecule has 2 nitrogen and oxygen atoms in total. The van der Waals surface area contributed by atoms with Crippen molar-refractivity contribution in [3.05, 3.63) is 135 Å². The molecule has 3 atom stereocenters. The van der Waals surface area contributed by atoms with Crippen molar-refractivity contribution in [1.82, 2.24) is 0 Å². The summed E-state index contributed by atoms with van der Waals surface area (Å²) in [7, 11) is 0. The Balaban J connectivity index is 1.55. The predicted molar refractivity (Wildman–Crippen MR) is 249 cm³/mol. The SMILES string of the molecule is C#Cc1c(C(N=C(C)C2=CCCc3ccccc32)=NC(C)c2ccc(C(=C)[CH]CC(CC)CCCC)c(C)c2C#C)ccc(C2=C(CC(CC)CCCC)[CH]2)c1C. The first kappa shape index (κ1) is 43.5. The fraction of sp³-hybridized carbons (Fsp3) is 0.418. The zero-order chi connectivity index (χ0) is 41.1. The van der Waals surface area contributed by atoms with Crippen LogP contribution in [0.3, 0.4) is 0 Å². The second kappa shape index (κ2) is 20.7. The maximum atomic E-state index is 6.41. The number of unbranched alkanes of at least 4 members (excludes halogenated alkanes) is 2. The van der Waals surface area contributed by atoms with E-state index in [1.165, 1.54) is 79.2 Å². The van der Waals surface area contributed by atoms with Gasteiger partial charge in [-0.3, -0.25) is 4.99 Å². The number of benzene rings is 3. The first-order chi connectivity index (χ1) is 27.6. The van der Waals surface area contributed by atoms with Gasteiger partial charge in [-0.1, -0.05) is 152 Å². The Labute approximate surface area is 347 Å². The molecule has 0 bridgehead atoms. The number of aliphatic imine (C=N–C) groups is 2. The molecule has 0 fully saturated rings. The van der Waals surface area contributed by atoms with Crippen molar-refractivity contribution in [2.45, 2.75) is 138 Å². The van der Waals surface area contributed by atoms with E-state index in [1.807, 2.05) is 0 Å². The van der Waals surface area contributed by atoms with Gasteiger partial charge in [0.15, 0.2) is 5.84 Å². The van der Waals surface area contributed by atoms with Crippen LogP contribution in [-0.2, 0) is 6.42 Å². The molecule has 57 heavy (non-hydrogen) atoms. The van der Waals surface area contributed by atoms with E-state index in [2.05, 4.69) is 141 Å². The van der Waals surface area contributed by atoms with Crippen molar-refractivity contribution in [3.8, 4) is 24.7 Å². The maximum absolute atomic E-state index is 6.41. The van der Waals surface area contributed by atoms with Gasteiger partial charge in [0.1, 0.15) is 0 Å². The second-order valence-electron chi connectivity index (χ2n) is 16.4. The first-order valence-corrected chi connectivity index (χ1v) is 21.8. The molecule has 0 amide bonds.